The number of fused-ring (bicyclic) bond motifs is 1. The fraction of sp³-hybridized carbons (Fsp3) is 0.588. The summed E-state index contributed by atoms with van der Waals surface area (Å²) in [5, 5.41) is 0. The number of hydrogen-bond acceptors (Lipinski definition) is 3. The zero-order chi connectivity index (χ0) is 16.4. The van der Waals surface area contributed by atoms with E-state index in [0.29, 0.717) is 19.5 Å². The van der Waals surface area contributed by atoms with Gasteiger partial charge in [-0.2, -0.15) is 0 Å². The second kappa shape index (κ2) is 6.61. The van der Waals surface area contributed by atoms with E-state index in [1.807, 2.05) is 23.1 Å². The highest BCUT2D eigenvalue weighted by Gasteiger charge is 2.40. The van der Waals surface area contributed by atoms with E-state index in [9.17, 15) is 13.2 Å². The summed E-state index contributed by atoms with van der Waals surface area (Å²) in [6.07, 6.45) is 4.21. The Hall–Kier alpha value is -1.40. The highest BCUT2D eigenvalue weighted by Crippen LogP contribution is 2.32. The summed E-state index contributed by atoms with van der Waals surface area (Å²) >= 11 is 0. The van der Waals surface area contributed by atoms with E-state index in [4.69, 9.17) is 0 Å². The van der Waals surface area contributed by atoms with E-state index in [2.05, 4.69) is 12.1 Å². The van der Waals surface area contributed by atoms with Crippen molar-refractivity contribution in [1.29, 1.82) is 0 Å². The van der Waals surface area contributed by atoms with Crippen molar-refractivity contribution in [3.05, 3.63) is 35.9 Å². The molecule has 2 heterocycles. The van der Waals surface area contributed by atoms with Gasteiger partial charge in [0.25, 0.3) is 0 Å². The van der Waals surface area contributed by atoms with Gasteiger partial charge in [-0.05, 0) is 30.7 Å². The van der Waals surface area contributed by atoms with Crippen LogP contribution in [-0.4, -0.2) is 55.5 Å². The lowest BCUT2D eigenvalue weighted by Gasteiger charge is -2.46. The first kappa shape index (κ1) is 16.5. The van der Waals surface area contributed by atoms with Crippen molar-refractivity contribution in [1.82, 2.24) is 9.21 Å². The molecule has 2 aliphatic rings. The maximum atomic E-state index is 12.3. The van der Waals surface area contributed by atoms with Gasteiger partial charge in [0.1, 0.15) is 0 Å². The molecule has 0 unspecified atom stereocenters. The van der Waals surface area contributed by atoms with Gasteiger partial charge in [-0.15, -0.1) is 0 Å². The Bertz CT molecular complexity index is 660. The summed E-state index contributed by atoms with van der Waals surface area (Å²) in [5.41, 5.74) is 1.23. The zero-order valence-electron chi connectivity index (χ0n) is 13.5. The Morgan fingerprint density at radius 1 is 1.17 bits per heavy atom. The minimum Gasteiger partial charge on any atom is -0.339 e. The Morgan fingerprint density at radius 3 is 2.61 bits per heavy atom. The van der Waals surface area contributed by atoms with Crippen molar-refractivity contribution in [3.63, 3.8) is 0 Å². The van der Waals surface area contributed by atoms with Gasteiger partial charge in [-0.25, -0.2) is 12.7 Å². The average molecular weight is 336 g/mol. The molecule has 2 fully saturated rings. The van der Waals surface area contributed by atoms with Gasteiger partial charge in [0.15, 0.2) is 0 Å². The van der Waals surface area contributed by atoms with Crippen LogP contribution >= 0.6 is 0 Å². The molecule has 1 amide bonds. The second-order valence-electron chi connectivity index (χ2n) is 6.60. The van der Waals surface area contributed by atoms with Gasteiger partial charge in [-0.3, -0.25) is 4.79 Å². The van der Waals surface area contributed by atoms with Gasteiger partial charge in [0, 0.05) is 32.1 Å². The predicted octanol–water partition coefficient (Wildman–Crippen LogP) is 1.50. The molecule has 0 radical (unpaired) electrons. The molecule has 126 valence electrons. The summed E-state index contributed by atoms with van der Waals surface area (Å²) < 4.78 is 25.1. The van der Waals surface area contributed by atoms with Crippen LogP contribution in [0.2, 0.25) is 0 Å². The molecular weight excluding hydrogens is 312 g/mol. The Kier molecular flexibility index (Phi) is 4.73. The molecule has 23 heavy (non-hydrogen) atoms. The largest absolute Gasteiger partial charge is 0.339 e. The van der Waals surface area contributed by atoms with Gasteiger partial charge in [0.2, 0.25) is 15.9 Å². The quantitative estimate of drug-likeness (QED) is 0.837. The third kappa shape index (κ3) is 3.75. The minimum atomic E-state index is -3.13. The first-order chi connectivity index (χ1) is 10.9. The molecule has 0 spiro atoms. The van der Waals surface area contributed by atoms with E-state index in [-0.39, 0.29) is 17.9 Å². The van der Waals surface area contributed by atoms with E-state index in [0.717, 1.165) is 25.8 Å². The molecule has 2 saturated heterocycles. The van der Waals surface area contributed by atoms with Crippen LogP contribution in [0, 0.1) is 5.92 Å². The standard InChI is InChI=1S/C17H24N2O3S/c1-23(21,22)18-11-10-16-15(13-18)7-8-17(20)19(16)12-9-14-5-3-2-4-6-14/h2-6,15-16H,7-13H2,1H3/t15-,16+/m1/s1. The van der Waals surface area contributed by atoms with E-state index >= 15 is 0 Å². The zero-order valence-corrected chi connectivity index (χ0v) is 14.3. The minimum absolute atomic E-state index is 0.193. The Balaban J connectivity index is 1.67. The van der Waals surface area contributed by atoms with Crippen LogP contribution < -0.4 is 0 Å². The van der Waals surface area contributed by atoms with Crippen molar-refractivity contribution in [2.75, 3.05) is 25.9 Å². The molecule has 0 bridgehead atoms. The maximum Gasteiger partial charge on any atom is 0.222 e. The van der Waals surface area contributed by atoms with Crippen molar-refractivity contribution in [2.24, 2.45) is 5.92 Å². The molecule has 2 aliphatic heterocycles. The van der Waals surface area contributed by atoms with E-state index in [1.54, 1.807) is 4.31 Å². The van der Waals surface area contributed by atoms with Crippen molar-refractivity contribution in [2.45, 2.75) is 31.7 Å². The summed E-state index contributed by atoms with van der Waals surface area (Å²) in [6.45, 7) is 1.80. The number of hydrogen-bond donors (Lipinski definition) is 0. The number of sulfonamides is 1. The van der Waals surface area contributed by atoms with Crippen LogP contribution in [0.4, 0.5) is 0 Å². The molecule has 1 aromatic rings. The monoisotopic (exact) mass is 336 g/mol. The molecule has 0 N–H and O–H groups in total. The van der Waals surface area contributed by atoms with Crippen LogP contribution in [0.15, 0.2) is 30.3 Å². The van der Waals surface area contributed by atoms with Crippen LogP contribution in [-0.2, 0) is 21.2 Å². The SMILES string of the molecule is CS(=O)(=O)N1CC[C@H]2[C@H](CCC(=O)N2CCc2ccccc2)C1. The molecule has 1 aromatic carbocycles. The highest BCUT2D eigenvalue weighted by atomic mass is 32.2. The fourth-order valence-electron chi connectivity index (χ4n) is 3.80. The number of carbonyl (C=O) groups is 1. The second-order valence-corrected chi connectivity index (χ2v) is 8.58. The molecule has 6 heteroatoms. The topological polar surface area (TPSA) is 57.7 Å². The number of likely N-dealkylation sites (tertiary alicyclic amines) is 1. The molecule has 5 nitrogen and oxygen atoms in total. The lowest BCUT2D eigenvalue weighted by molar-refractivity contribution is -0.140. The van der Waals surface area contributed by atoms with Gasteiger partial charge in [-0.1, -0.05) is 30.3 Å². The van der Waals surface area contributed by atoms with E-state index < -0.39 is 10.0 Å². The van der Waals surface area contributed by atoms with Gasteiger partial charge < -0.3 is 4.90 Å². The van der Waals surface area contributed by atoms with Crippen molar-refractivity contribution in [3.8, 4) is 0 Å². The third-order valence-corrected chi connectivity index (χ3v) is 6.33. The number of carbonyl (C=O) groups excluding carboxylic acids is 1. The Morgan fingerprint density at radius 2 is 1.91 bits per heavy atom. The number of rotatable bonds is 4. The Labute approximate surface area is 138 Å². The summed E-state index contributed by atoms with van der Waals surface area (Å²) in [4.78, 5) is 14.3. The molecular formula is C17H24N2O3S. The molecule has 0 aliphatic carbocycles. The average Bonchev–Trinajstić information content (AvgIpc) is 2.53. The van der Waals surface area contributed by atoms with Gasteiger partial charge >= 0.3 is 0 Å². The lowest BCUT2D eigenvalue weighted by Crippen LogP contribution is -2.57. The van der Waals surface area contributed by atoms with Crippen molar-refractivity contribution >= 4 is 15.9 Å². The van der Waals surface area contributed by atoms with Crippen LogP contribution in [0.1, 0.15) is 24.8 Å². The highest BCUT2D eigenvalue weighted by molar-refractivity contribution is 7.88. The summed E-state index contributed by atoms with van der Waals surface area (Å²) in [7, 11) is -3.13. The van der Waals surface area contributed by atoms with Crippen LogP contribution in [0.5, 0.6) is 0 Å². The van der Waals surface area contributed by atoms with E-state index in [1.165, 1.54) is 11.8 Å². The number of piperidine rings is 2. The van der Waals surface area contributed by atoms with Crippen LogP contribution in [0.3, 0.4) is 0 Å². The maximum absolute atomic E-state index is 12.3. The predicted molar refractivity (Wildman–Crippen MR) is 89.4 cm³/mol. The number of nitrogens with zero attached hydrogens (tertiary/aromatic N) is 2. The van der Waals surface area contributed by atoms with Crippen molar-refractivity contribution < 1.29 is 13.2 Å². The molecule has 3 rings (SSSR count). The molecule has 2 atom stereocenters. The first-order valence-corrected chi connectivity index (χ1v) is 10.1. The third-order valence-electron chi connectivity index (χ3n) is 5.06. The van der Waals surface area contributed by atoms with Gasteiger partial charge in [0.05, 0.1) is 6.26 Å². The van der Waals surface area contributed by atoms with Crippen LogP contribution in [0.25, 0.3) is 0 Å². The number of amides is 1. The smallest absolute Gasteiger partial charge is 0.222 e. The normalized spacial score (nSPS) is 26.1. The number of benzene rings is 1. The molecule has 0 aromatic heterocycles. The fourth-order valence-corrected chi connectivity index (χ4v) is 4.70. The summed E-state index contributed by atoms with van der Waals surface area (Å²) in [5.74, 6) is 0.488. The molecule has 0 saturated carbocycles. The first-order valence-electron chi connectivity index (χ1n) is 8.23. The summed E-state index contributed by atoms with van der Waals surface area (Å²) in [6, 6.07) is 10.4. The lowest BCUT2D eigenvalue weighted by atomic mass is 9.84.